The molecule has 0 unspecified atom stereocenters. The van der Waals surface area contributed by atoms with Crippen LogP contribution in [0.25, 0.3) is 5.69 Å². The quantitative estimate of drug-likeness (QED) is 0.813. The summed E-state index contributed by atoms with van der Waals surface area (Å²) < 4.78 is 14.7. The first-order valence-corrected chi connectivity index (χ1v) is 4.20. The monoisotopic (exact) mass is 206 g/mol. The van der Waals surface area contributed by atoms with Crippen molar-refractivity contribution in [3.63, 3.8) is 0 Å². The van der Waals surface area contributed by atoms with Crippen molar-refractivity contribution in [3.8, 4) is 5.69 Å². The molecule has 1 heterocycles. The minimum absolute atomic E-state index is 0.264. The fourth-order valence-electron chi connectivity index (χ4n) is 1.34. The highest BCUT2D eigenvalue weighted by atomic mass is 19.1. The lowest BCUT2D eigenvalue weighted by Gasteiger charge is -2.06. The molecule has 0 saturated heterocycles. The van der Waals surface area contributed by atoms with E-state index in [0.29, 0.717) is 0 Å². The van der Waals surface area contributed by atoms with Crippen LogP contribution in [0.15, 0.2) is 36.9 Å². The molecule has 15 heavy (non-hydrogen) atoms. The van der Waals surface area contributed by atoms with Gasteiger partial charge in [0, 0.05) is 12.4 Å². The van der Waals surface area contributed by atoms with E-state index in [1.807, 2.05) is 0 Å². The fraction of sp³-hybridized carbons (Fsp3) is 0. The average molecular weight is 206 g/mol. The first-order chi connectivity index (χ1) is 7.20. The van der Waals surface area contributed by atoms with Gasteiger partial charge < -0.3 is 9.67 Å². The maximum atomic E-state index is 13.3. The maximum Gasteiger partial charge on any atom is 0.340 e. The van der Waals surface area contributed by atoms with E-state index in [0.717, 1.165) is 6.07 Å². The first-order valence-electron chi connectivity index (χ1n) is 4.20. The zero-order valence-electron chi connectivity index (χ0n) is 7.59. The zero-order chi connectivity index (χ0) is 10.8. The molecule has 0 spiro atoms. The highest BCUT2D eigenvalue weighted by Crippen LogP contribution is 2.17. The minimum atomic E-state index is -1.29. The second-order valence-electron chi connectivity index (χ2n) is 2.91. The van der Waals surface area contributed by atoms with E-state index in [1.165, 1.54) is 29.2 Å². The summed E-state index contributed by atoms with van der Waals surface area (Å²) in [5.41, 5.74) is -0.0875. The van der Waals surface area contributed by atoms with Gasteiger partial charge in [0.05, 0.1) is 12.0 Å². The van der Waals surface area contributed by atoms with E-state index in [2.05, 4.69) is 4.98 Å². The summed E-state index contributed by atoms with van der Waals surface area (Å²) in [5, 5.41) is 8.87. The molecule has 0 aliphatic carbocycles. The predicted octanol–water partition coefficient (Wildman–Crippen LogP) is 1.71. The Balaban J connectivity index is 2.66. The Morgan fingerprint density at radius 3 is 2.87 bits per heavy atom. The van der Waals surface area contributed by atoms with Gasteiger partial charge in [0.2, 0.25) is 0 Å². The summed E-state index contributed by atoms with van der Waals surface area (Å²) in [6.07, 6.45) is 4.47. The van der Waals surface area contributed by atoms with E-state index >= 15 is 0 Å². The molecule has 1 aromatic heterocycles. The number of hydrogen-bond donors (Lipinski definition) is 1. The van der Waals surface area contributed by atoms with Gasteiger partial charge in [-0.05, 0) is 12.1 Å². The average Bonchev–Trinajstić information content (AvgIpc) is 2.69. The number of benzene rings is 1. The van der Waals surface area contributed by atoms with Crippen LogP contribution >= 0.6 is 0 Å². The van der Waals surface area contributed by atoms with Crippen LogP contribution < -0.4 is 0 Å². The summed E-state index contributed by atoms with van der Waals surface area (Å²) >= 11 is 0. The van der Waals surface area contributed by atoms with Crippen LogP contribution in [-0.4, -0.2) is 20.6 Å². The lowest BCUT2D eigenvalue weighted by Crippen LogP contribution is -2.07. The number of imidazole rings is 1. The summed E-state index contributed by atoms with van der Waals surface area (Å²) in [7, 11) is 0. The van der Waals surface area contributed by atoms with E-state index in [1.54, 1.807) is 6.20 Å². The molecular weight excluding hydrogens is 199 g/mol. The standard InChI is InChI=1S/C10H7FN2O2/c11-7-2-1-3-8(9(7)10(14)15)13-5-4-12-6-13/h1-6H,(H,14,15). The van der Waals surface area contributed by atoms with Crippen molar-refractivity contribution in [2.75, 3.05) is 0 Å². The van der Waals surface area contributed by atoms with Gasteiger partial charge in [-0.3, -0.25) is 0 Å². The van der Waals surface area contributed by atoms with Crippen molar-refractivity contribution in [1.82, 2.24) is 9.55 Å². The number of nitrogens with zero attached hydrogens (tertiary/aromatic N) is 2. The number of carboxylic acids is 1. The topological polar surface area (TPSA) is 55.1 Å². The van der Waals surface area contributed by atoms with Gasteiger partial charge in [-0.15, -0.1) is 0 Å². The molecule has 2 rings (SSSR count). The number of carboxylic acid groups (broad SMARTS) is 1. The Labute approximate surface area is 84.6 Å². The smallest absolute Gasteiger partial charge is 0.340 e. The Kier molecular flexibility index (Phi) is 2.21. The Morgan fingerprint density at radius 1 is 1.47 bits per heavy atom. The Bertz CT molecular complexity index is 494. The molecule has 0 atom stereocenters. The van der Waals surface area contributed by atoms with Crippen LogP contribution in [0.2, 0.25) is 0 Å². The van der Waals surface area contributed by atoms with Crippen LogP contribution in [0.1, 0.15) is 10.4 Å². The molecule has 76 valence electrons. The molecule has 0 bridgehead atoms. The van der Waals surface area contributed by atoms with E-state index in [4.69, 9.17) is 5.11 Å². The second kappa shape index (κ2) is 3.53. The van der Waals surface area contributed by atoms with Gasteiger partial charge in [-0.2, -0.15) is 0 Å². The van der Waals surface area contributed by atoms with Gasteiger partial charge in [-0.25, -0.2) is 14.2 Å². The fourth-order valence-corrected chi connectivity index (χ4v) is 1.34. The third kappa shape index (κ3) is 1.59. The summed E-state index contributed by atoms with van der Waals surface area (Å²) in [6.45, 7) is 0. The number of halogens is 1. The normalized spacial score (nSPS) is 10.2. The molecule has 0 saturated carbocycles. The molecule has 0 aliphatic heterocycles. The number of hydrogen-bond acceptors (Lipinski definition) is 2. The van der Waals surface area contributed by atoms with E-state index < -0.39 is 11.8 Å². The molecular formula is C10H7FN2O2. The van der Waals surface area contributed by atoms with Crippen molar-refractivity contribution >= 4 is 5.97 Å². The Hall–Kier alpha value is -2.17. The molecule has 2 aromatic rings. The van der Waals surface area contributed by atoms with Crippen LogP contribution in [-0.2, 0) is 0 Å². The van der Waals surface area contributed by atoms with Gasteiger partial charge in [0.1, 0.15) is 11.4 Å². The number of aromatic carboxylic acids is 1. The van der Waals surface area contributed by atoms with E-state index in [9.17, 15) is 9.18 Å². The summed E-state index contributed by atoms with van der Waals surface area (Å²) in [6, 6.07) is 4.09. The predicted molar refractivity (Wildman–Crippen MR) is 50.5 cm³/mol. The van der Waals surface area contributed by atoms with Gasteiger partial charge in [0.15, 0.2) is 0 Å². The van der Waals surface area contributed by atoms with Crippen LogP contribution in [0.4, 0.5) is 4.39 Å². The summed E-state index contributed by atoms with van der Waals surface area (Å²) in [5.74, 6) is -2.05. The lowest BCUT2D eigenvalue weighted by atomic mass is 10.1. The Morgan fingerprint density at radius 2 is 2.27 bits per heavy atom. The molecule has 0 amide bonds. The minimum Gasteiger partial charge on any atom is -0.478 e. The van der Waals surface area contributed by atoms with Crippen molar-refractivity contribution in [1.29, 1.82) is 0 Å². The van der Waals surface area contributed by atoms with E-state index in [-0.39, 0.29) is 11.3 Å². The van der Waals surface area contributed by atoms with Gasteiger partial charge in [0.25, 0.3) is 0 Å². The van der Waals surface area contributed by atoms with Gasteiger partial charge in [-0.1, -0.05) is 6.07 Å². The largest absolute Gasteiger partial charge is 0.478 e. The zero-order valence-corrected chi connectivity index (χ0v) is 7.59. The molecule has 5 heteroatoms. The molecule has 4 nitrogen and oxygen atoms in total. The van der Waals surface area contributed by atoms with Crippen molar-refractivity contribution < 1.29 is 14.3 Å². The third-order valence-electron chi connectivity index (χ3n) is 1.99. The maximum absolute atomic E-state index is 13.3. The summed E-state index contributed by atoms with van der Waals surface area (Å²) in [4.78, 5) is 14.6. The first kappa shape index (κ1) is 9.39. The molecule has 0 aliphatic rings. The SMILES string of the molecule is O=C(O)c1c(F)cccc1-n1ccnc1. The lowest BCUT2D eigenvalue weighted by molar-refractivity contribution is 0.0692. The van der Waals surface area contributed by atoms with Crippen LogP contribution in [0.5, 0.6) is 0 Å². The van der Waals surface area contributed by atoms with Crippen LogP contribution in [0, 0.1) is 5.82 Å². The number of aromatic nitrogens is 2. The third-order valence-corrected chi connectivity index (χ3v) is 1.99. The van der Waals surface area contributed by atoms with Gasteiger partial charge >= 0.3 is 5.97 Å². The molecule has 0 radical (unpaired) electrons. The highest BCUT2D eigenvalue weighted by Gasteiger charge is 2.16. The number of carbonyl (C=O) groups is 1. The van der Waals surface area contributed by atoms with Crippen molar-refractivity contribution in [2.24, 2.45) is 0 Å². The molecule has 0 fully saturated rings. The van der Waals surface area contributed by atoms with Crippen LogP contribution in [0.3, 0.4) is 0 Å². The van der Waals surface area contributed by atoms with Crippen molar-refractivity contribution in [3.05, 3.63) is 48.3 Å². The molecule has 1 aromatic carbocycles. The van der Waals surface area contributed by atoms with Crippen molar-refractivity contribution in [2.45, 2.75) is 0 Å². The second-order valence-corrected chi connectivity index (χ2v) is 2.91. The molecule has 1 N–H and O–H groups in total. The number of rotatable bonds is 2. The highest BCUT2D eigenvalue weighted by molar-refractivity contribution is 5.92.